The number of aryl methyl sites for hydroxylation is 2. The average Bonchev–Trinajstić information content (AvgIpc) is 2.82. The average molecular weight is 386 g/mol. The molecular weight excluding hydrogens is 366 g/mol. The van der Waals surface area contributed by atoms with Crippen molar-refractivity contribution in [3.05, 3.63) is 64.2 Å². The molecule has 1 aliphatic heterocycles. The largest absolute Gasteiger partial charge is 0.325 e. The van der Waals surface area contributed by atoms with Gasteiger partial charge < -0.3 is 10.6 Å². The van der Waals surface area contributed by atoms with Gasteiger partial charge in [0.15, 0.2) is 0 Å². The molecule has 0 unspecified atom stereocenters. The van der Waals surface area contributed by atoms with Crippen LogP contribution in [0.15, 0.2) is 42.5 Å². The number of nitrogens with one attached hydrogen (secondary N) is 2. The van der Waals surface area contributed by atoms with Gasteiger partial charge in [-0.1, -0.05) is 47.5 Å². The zero-order valence-corrected chi connectivity index (χ0v) is 16.1. The molecule has 140 valence electrons. The second-order valence-corrected chi connectivity index (χ2v) is 7.20. The number of urea groups is 1. The van der Waals surface area contributed by atoms with Crippen molar-refractivity contribution in [2.75, 3.05) is 11.9 Å². The van der Waals surface area contributed by atoms with E-state index in [1.54, 1.807) is 37.3 Å². The van der Waals surface area contributed by atoms with E-state index < -0.39 is 23.4 Å². The van der Waals surface area contributed by atoms with Gasteiger partial charge in [-0.15, -0.1) is 0 Å². The maximum Gasteiger partial charge on any atom is 0.325 e. The van der Waals surface area contributed by atoms with E-state index in [0.717, 1.165) is 16.0 Å². The van der Waals surface area contributed by atoms with Crippen LogP contribution < -0.4 is 10.6 Å². The number of benzene rings is 2. The van der Waals surface area contributed by atoms with Crippen LogP contribution in [0.5, 0.6) is 0 Å². The molecule has 0 spiro atoms. The molecule has 0 saturated carbocycles. The van der Waals surface area contributed by atoms with Crippen LogP contribution in [-0.4, -0.2) is 29.3 Å². The molecule has 0 aliphatic carbocycles. The number of halogens is 1. The molecule has 2 aromatic carbocycles. The number of hydrogen-bond acceptors (Lipinski definition) is 3. The Morgan fingerprint density at radius 3 is 2.56 bits per heavy atom. The predicted octanol–water partition coefficient (Wildman–Crippen LogP) is 3.36. The first-order chi connectivity index (χ1) is 12.7. The minimum atomic E-state index is -1.31. The first-order valence-corrected chi connectivity index (χ1v) is 8.86. The molecule has 27 heavy (non-hydrogen) atoms. The van der Waals surface area contributed by atoms with Crippen LogP contribution in [0, 0.1) is 13.8 Å². The van der Waals surface area contributed by atoms with Crippen LogP contribution in [0.2, 0.25) is 5.02 Å². The molecule has 1 fully saturated rings. The minimum Gasteiger partial charge on any atom is -0.324 e. The van der Waals surface area contributed by atoms with Gasteiger partial charge in [0.2, 0.25) is 5.91 Å². The number of hydrogen-bond donors (Lipinski definition) is 2. The van der Waals surface area contributed by atoms with E-state index in [9.17, 15) is 14.4 Å². The van der Waals surface area contributed by atoms with Crippen molar-refractivity contribution >= 4 is 35.1 Å². The molecule has 0 radical (unpaired) electrons. The Morgan fingerprint density at radius 2 is 1.89 bits per heavy atom. The fourth-order valence-corrected chi connectivity index (χ4v) is 3.50. The van der Waals surface area contributed by atoms with Gasteiger partial charge in [0, 0.05) is 16.3 Å². The van der Waals surface area contributed by atoms with Gasteiger partial charge in [0.25, 0.3) is 5.91 Å². The maximum atomic E-state index is 12.9. The van der Waals surface area contributed by atoms with E-state index in [1.165, 1.54) is 0 Å². The quantitative estimate of drug-likeness (QED) is 0.792. The van der Waals surface area contributed by atoms with E-state index in [2.05, 4.69) is 10.6 Å². The Hall–Kier alpha value is -2.86. The summed E-state index contributed by atoms with van der Waals surface area (Å²) in [5.41, 5.74) is 1.81. The highest BCUT2D eigenvalue weighted by Gasteiger charge is 2.50. The molecule has 0 bridgehead atoms. The van der Waals surface area contributed by atoms with Crippen molar-refractivity contribution in [2.24, 2.45) is 0 Å². The van der Waals surface area contributed by atoms with Crippen LogP contribution in [0.25, 0.3) is 0 Å². The van der Waals surface area contributed by atoms with Gasteiger partial charge in [-0.25, -0.2) is 4.79 Å². The summed E-state index contributed by atoms with van der Waals surface area (Å²) < 4.78 is 0. The van der Waals surface area contributed by atoms with Crippen LogP contribution in [0.3, 0.4) is 0 Å². The Labute approximate surface area is 162 Å². The topological polar surface area (TPSA) is 78.5 Å². The molecule has 6 nitrogen and oxygen atoms in total. The molecule has 3 rings (SSSR count). The highest BCUT2D eigenvalue weighted by Crippen LogP contribution is 2.33. The first-order valence-electron chi connectivity index (χ1n) is 8.48. The fraction of sp³-hybridized carbons (Fsp3) is 0.250. The molecule has 4 amide bonds. The molecule has 1 heterocycles. The number of carbonyl (C=O) groups is 3. The molecule has 2 N–H and O–H groups in total. The maximum absolute atomic E-state index is 12.9. The van der Waals surface area contributed by atoms with Crippen LogP contribution in [0.1, 0.15) is 23.6 Å². The second-order valence-electron chi connectivity index (χ2n) is 6.79. The number of rotatable bonds is 4. The summed E-state index contributed by atoms with van der Waals surface area (Å²) >= 11 is 6.20. The lowest BCUT2D eigenvalue weighted by atomic mass is 9.92. The highest BCUT2D eigenvalue weighted by molar-refractivity contribution is 6.32. The van der Waals surface area contributed by atoms with Crippen molar-refractivity contribution < 1.29 is 14.4 Å². The van der Waals surface area contributed by atoms with E-state index in [0.29, 0.717) is 16.3 Å². The summed E-state index contributed by atoms with van der Waals surface area (Å²) in [6.07, 6.45) is 0. The third-order valence-corrected chi connectivity index (χ3v) is 4.97. The molecule has 0 aromatic heterocycles. The first kappa shape index (κ1) is 18.9. The Balaban J connectivity index is 1.78. The summed E-state index contributed by atoms with van der Waals surface area (Å²) in [6, 6.07) is 11.8. The molecule has 1 aliphatic rings. The highest BCUT2D eigenvalue weighted by atomic mass is 35.5. The number of anilines is 1. The number of imide groups is 1. The molecule has 1 saturated heterocycles. The monoisotopic (exact) mass is 385 g/mol. The third-order valence-electron chi connectivity index (χ3n) is 4.65. The van der Waals surface area contributed by atoms with Crippen LogP contribution in [0.4, 0.5) is 10.5 Å². The van der Waals surface area contributed by atoms with Crippen molar-refractivity contribution in [3.8, 4) is 0 Å². The van der Waals surface area contributed by atoms with Gasteiger partial charge >= 0.3 is 6.03 Å². The minimum absolute atomic E-state index is 0.371. The second kappa shape index (κ2) is 7.04. The van der Waals surface area contributed by atoms with Crippen molar-refractivity contribution in [2.45, 2.75) is 26.3 Å². The summed E-state index contributed by atoms with van der Waals surface area (Å²) in [4.78, 5) is 38.6. The zero-order chi connectivity index (χ0) is 19.8. The lowest BCUT2D eigenvalue weighted by molar-refractivity contribution is -0.133. The Kier molecular flexibility index (Phi) is 4.93. The summed E-state index contributed by atoms with van der Waals surface area (Å²) in [7, 11) is 0. The van der Waals surface area contributed by atoms with E-state index >= 15 is 0 Å². The fourth-order valence-electron chi connectivity index (χ4n) is 3.18. The van der Waals surface area contributed by atoms with E-state index in [4.69, 9.17) is 11.6 Å². The lowest BCUT2D eigenvalue weighted by Crippen LogP contribution is -2.42. The van der Waals surface area contributed by atoms with Crippen LogP contribution >= 0.6 is 11.6 Å². The van der Waals surface area contributed by atoms with Crippen molar-refractivity contribution in [3.63, 3.8) is 0 Å². The molecule has 1 atom stereocenters. The molecular formula is C20H20ClN3O3. The van der Waals surface area contributed by atoms with Gasteiger partial charge in [-0.3, -0.25) is 14.5 Å². The van der Waals surface area contributed by atoms with Crippen LogP contribution in [-0.2, 0) is 15.1 Å². The van der Waals surface area contributed by atoms with Gasteiger partial charge in [-0.2, -0.15) is 0 Å². The molecule has 2 aromatic rings. The predicted molar refractivity (Wildman–Crippen MR) is 104 cm³/mol. The Bertz CT molecular complexity index is 944. The Morgan fingerprint density at radius 1 is 1.19 bits per heavy atom. The van der Waals surface area contributed by atoms with E-state index in [-0.39, 0.29) is 6.54 Å². The van der Waals surface area contributed by atoms with Crippen molar-refractivity contribution in [1.82, 2.24) is 10.2 Å². The summed E-state index contributed by atoms with van der Waals surface area (Å²) in [5.74, 6) is -0.967. The van der Waals surface area contributed by atoms with Gasteiger partial charge in [-0.05, 0) is 38.5 Å². The van der Waals surface area contributed by atoms with Crippen molar-refractivity contribution in [1.29, 1.82) is 0 Å². The third kappa shape index (κ3) is 3.53. The standard InChI is InChI=1S/C20H20ClN3O3/c1-12-8-9-16(13(2)10-12)22-17(25)11-24-18(26)20(3,23-19(24)27)14-6-4-5-7-15(14)21/h4-10H,11H2,1-3H3,(H,22,25)(H,23,27)/t20-/m1/s1. The summed E-state index contributed by atoms with van der Waals surface area (Å²) in [6.45, 7) is 5.04. The summed E-state index contributed by atoms with van der Waals surface area (Å²) in [5, 5.41) is 5.76. The van der Waals surface area contributed by atoms with Gasteiger partial charge in [0.05, 0.1) is 0 Å². The normalized spacial score (nSPS) is 19.2. The number of amides is 4. The number of nitrogens with zero attached hydrogens (tertiary/aromatic N) is 1. The number of carbonyl (C=O) groups excluding carboxylic acids is 3. The smallest absolute Gasteiger partial charge is 0.324 e. The zero-order valence-electron chi connectivity index (χ0n) is 15.3. The lowest BCUT2D eigenvalue weighted by Gasteiger charge is -2.23. The SMILES string of the molecule is Cc1ccc(NC(=O)CN2C(=O)N[C@](C)(c3ccccc3Cl)C2=O)c(C)c1. The van der Waals surface area contributed by atoms with Gasteiger partial charge in [0.1, 0.15) is 12.1 Å². The molecule has 7 heteroatoms. The van der Waals surface area contributed by atoms with E-state index in [1.807, 2.05) is 26.0 Å².